The quantitative estimate of drug-likeness (QED) is 0.195. The SMILES string of the molecule is CC(C)c1c(-c2ccc(O)c(C(C)(C)C)c2)c(C(C)C)c(-c2ccc(O)c(C(C)(C)C)c2)c(C(C)C)c1-c1ccc(O)c(C(C)(C)C)c1. The molecule has 4 aromatic rings. The van der Waals surface area contributed by atoms with E-state index in [0.717, 1.165) is 33.4 Å². The fourth-order valence-corrected chi connectivity index (χ4v) is 7.35. The Bertz CT molecular complexity index is 1580. The number of benzene rings is 4. The summed E-state index contributed by atoms with van der Waals surface area (Å²) in [5.41, 5.74) is 12.7. The van der Waals surface area contributed by atoms with Crippen molar-refractivity contribution in [3.05, 3.63) is 88.0 Å². The molecule has 0 saturated heterocycles. The topological polar surface area (TPSA) is 60.7 Å². The lowest BCUT2D eigenvalue weighted by Gasteiger charge is -2.33. The highest BCUT2D eigenvalue weighted by molar-refractivity contribution is 5.94. The number of phenolic OH excluding ortho intramolecular Hbond substituents is 3. The minimum absolute atomic E-state index is 0.169. The summed E-state index contributed by atoms with van der Waals surface area (Å²) >= 11 is 0. The van der Waals surface area contributed by atoms with Gasteiger partial charge in [-0.25, -0.2) is 0 Å². The van der Waals surface area contributed by atoms with Crippen LogP contribution in [0.4, 0.5) is 0 Å². The lowest BCUT2D eigenvalue weighted by molar-refractivity contribution is 0.446. The average Bonchev–Trinajstić information content (AvgIpc) is 2.94. The first-order valence-corrected chi connectivity index (χ1v) is 17.7. The van der Waals surface area contributed by atoms with Gasteiger partial charge in [0.2, 0.25) is 0 Å². The third-order valence-electron chi connectivity index (χ3n) is 9.63. The first-order chi connectivity index (χ1) is 22.0. The normalized spacial score (nSPS) is 12.9. The molecular weight excluding hydrogens is 588 g/mol. The number of hydrogen-bond acceptors (Lipinski definition) is 3. The Hall–Kier alpha value is -3.72. The largest absolute Gasteiger partial charge is 0.508 e. The maximum absolute atomic E-state index is 11.1. The molecule has 0 aromatic heterocycles. The molecule has 0 unspecified atom stereocenters. The highest BCUT2D eigenvalue weighted by Crippen LogP contribution is 2.53. The van der Waals surface area contributed by atoms with Crippen LogP contribution in [0.2, 0.25) is 0 Å². The molecule has 0 heterocycles. The standard InChI is InChI=1S/C45H60O3/c1-25(2)37-40(28-16-19-34(46)31(22-28)43(7,8)9)38(26(3)4)42(30-18-21-36(48)33(24-30)45(13,14)15)39(27(5)6)41(37)29-17-20-35(47)32(23-29)44(10,11)12/h16-27,46-48H,1-15H3. The third kappa shape index (κ3) is 7.02. The molecule has 0 aliphatic carbocycles. The molecule has 0 aliphatic heterocycles. The summed E-state index contributed by atoms with van der Waals surface area (Å²) in [4.78, 5) is 0. The van der Waals surface area contributed by atoms with Gasteiger partial charge in [0.25, 0.3) is 0 Å². The summed E-state index contributed by atoms with van der Waals surface area (Å²) in [5, 5.41) is 33.2. The van der Waals surface area contributed by atoms with E-state index in [2.05, 4.69) is 140 Å². The van der Waals surface area contributed by atoms with Gasteiger partial charge < -0.3 is 15.3 Å². The molecule has 3 N–H and O–H groups in total. The monoisotopic (exact) mass is 648 g/mol. The zero-order valence-electron chi connectivity index (χ0n) is 32.3. The Labute approximate surface area is 291 Å². The first kappa shape index (κ1) is 37.1. The van der Waals surface area contributed by atoms with Gasteiger partial charge in [-0.1, -0.05) is 122 Å². The molecule has 0 fully saturated rings. The highest BCUT2D eigenvalue weighted by atomic mass is 16.3. The van der Waals surface area contributed by atoms with E-state index in [1.807, 2.05) is 18.2 Å². The fraction of sp³-hybridized carbons (Fsp3) is 0.467. The minimum Gasteiger partial charge on any atom is -0.508 e. The summed E-state index contributed by atoms with van der Waals surface area (Å²) in [6.45, 7) is 33.0. The number of aromatic hydroxyl groups is 3. The van der Waals surface area contributed by atoms with Gasteiger partial charge in [0, 0.05) is 0 Å². The third-order valence-corrected chi connectivity index (χ3v) is 9.63. The van der Waals surface area contributed by atoms with Crippen LogP contribution >= 0.6 is 0 Å². The highest BCUT2D eigenvalue weighted by Gasteiger charge is 2.32. The van der Waals surface area contributed by atoms with Crippen molar-refractivity contribution in [2.45, 2.75) is 138 Å². The van der Waals surface area contributed by atoms with E-state index in [1.54, 1.807) is 0 Å². The van der Waals surface area contributed by atoms with E-state index < -0.39 is 0 Å². The van der Waals surface area contributed by atoms with E-state index in [1.165, 1.54) is 33.4 Å². The zero-order chi connectivity index (χ0) is 36.3. The van der Waals surface area contributed by atoms with Gasteiger partial charge in [-0.2, -0.15) is 0 Å². The predicted octanol–water partition coefficient (Wildman–Crippen LogP) is 13.1. The Morgan fingerprint density at radius 3 is 0.750 bits per heavy atom. The second-order valence-corrected chi connectivity index (χ2v) is 17.8. The zero-order valence-corrected chi connectivity index (χ0v) is 32.3. The summed E-state index contributed by atoms with van der Waals surface area (Å²) < 4.78 is 0. The van der Waals surface area contributed by atoms with Crippen molar-refractivity contribution >= 4 is 0 Å². The number of phenols is 3. The summed E-state index contributed by atoms with van der Waals surface area (Å²) in [6.07, 6.45) is 0. The first-order valence-electron chi connectivity index (χ1n) is 17.7. The molecule has 0 radical (unpaired) electrons. The predicted molar refractivity (Wildman–Crippen MR) is 206 cm³/mol. The molecule has 0 amide bonds. The van der Waals surface area contributed by atoms with E-state index in [9.17, 15) is 15.3 Å². The van der Waals surface area contributed by atoms with Crippen molar-refractivity contribution in [3.8, 4) is 50.6 Å². The lowest BCUT2D eigenvalue weighted by Crippen LogP contribution is -2.15. The van der Waals surface area contributed by atoms with Crippen LogP contribution in [0.1, 0.15) is 155 Å². The molecule has 3 heteroatoms. The van der Waals surface area contributed by atoms with Crippen LogP contribution in [0.3, 0.4) is 0 Å². The van der Waals surface area contributed by atoms with Crippen LogP contribution in [0.5, 0.6) is 17.2 Å². The van der Waals surface area contributed by atoms with Crippen molar-refractivity contribution in [2.24, 2.45) is 0 Å². The van der Waals surface area contributed by atoms with Gasteiger partial charge in [0.15, 0.2) is 0 Å². The Kier molecular flexibility index (Phi) is 10.0. The molecule has 3 nitrogen and oxygen atoms in total. The molecule has 4 rings (SSSR count). The van der Waals surface area contributed by atoms with Crippen LogP contribution in [0.25, 0.3) is 33.4 Å². The average molecular weight is 649 g/mol. The molecule has 4 aromatic carbocycles. The maximum Gasteiger partial charge on any atom is 0.119 e. The van der Waals surface area contributed by atoms with E-state index in [4.69, 9.17) is 0 Å². The van der Waals surface area contributed by atoms with Gasteiger partial charge in [0.1, 0.15) is 17.2 Å². The van der Waals surface area contributed by atoms with Crippen molar-refractivity contribution in [1.82, 2.24) is 0 Å². The molecule has 258 valence electrons. The van der Waals surface area contributed by atoms with Gasteiger partial charge in [0.05, 0.1) is 0 Å². The summed E-state index contributed by atoms with van der Waals surface area (Å²) in [6, 6.07) is 18.4. The summed E-state index contributed by atoms with van der Waals surface area (Å²) in [7, 11) is 0. The smallest absolute Gasteiger partial charge is 0.119 e. The molecule has 48 heavy (non-hydrogen) atoms. The molecule has 0 bridgehead atoms. The minimum atomic E-state index is -0.253. The van der Waals surface area contributed by atoms with E-state index in [0.29, 0.717) is 17.2 Å². The summed E-state index contributed by atoms with van der Waals surface area (Å²) in [5.74, 6) is 1.44. The molecule has 0 spiro atoms. The Morgan fingerprint density at radius 2 is 0.583 bits per heavy atom. The van der Waals surface area contributed by atoms with E-state index >= 15 is 0 Å². The Balaban J connectivity index is 2.41. The van der Waals surface area contributed by atoms with Gasteiger partial charge >= 0.3 is 0 Å². The van der Waals surface area contributed by atoms with Crippen LogP contribution in [-0.2, 0) is 16.2 Å². The number of rotatable bonds is 6. The fourth-order valence-electron chi connectivity index (χ4n) is 7.35. The molecule has 0 saturated carbocycles. The van der Waals surface area contributed by atoms with Gasteiger partial charge in [-0.05, 0) is 137 Å². The van der Waals surface area contributed by atoms with Crippen molar-refractivity contribution in [1.29, 1.82) is 0 Å². The van der Waals surface area contributed by atoms with Gasteiger partial charge in [-0.3, -0.25) is 0 Å². The second kappa shape index (κ2) is 13.0. The van der Waals surface area contributed by atoms with Crippen molar-refractivity contribution < 1.29 is 15.3 Å². The van der Waals surface area contributed by atoms with Crippen LogP contribution in [0, 0.1) is 0 Å². The molecule has 0 aliphatic rings. The maximum atomic E-state index is 11.1. The lowest BCUT2D eigenvalue weighted by atomic mass is 9.70. The van der Waals surface area contributed by atoms with Crippen LogP contribution in [0.15, 0.2) is 54.6 Å². The van der Waals surface area contributed by atoms with Crippen molar-refractivity contribution in [2.75, 3.05) is 0 Å². The van der Waals surface area contributed by atoms with Crippen molar-refractivity contribution in [3.63, 3.8) is 0 Å². The van der Waals surface area contributed by atoms with Gasteiger partial charge in [-0.15, -0.1) is 0 Å². The second-order valence-electron chi connectivity index (χ2n) is 17.8. The molecule has 0 atom stereocenters. The van der Waals surface area contributed by atoms with E-state index in [-0.39, 0.29) is 34.0 Å². The molecular formula is C45H60O3. The van der Waals surface area contributed by atoms with Crippen LogP contribution in [-0.4, -0.2) is 15.3 Å². The van der Waals surface area contributed by atoms with Crippen LogP contribution < -0.4 is 0 Å². The Morgan fingerprint density at radius 1 is 0.375 bits per heavy atom. The number of hydrogen-bond donors (Lipinski definition) is 3.